The average molecular weight is 319 g/mol. The summed E-state index contributed by atoms with van der Waals surface area (Å²) in [5, 5.41) is 8.91. The van der Waals surface area contributed by atoms with Crippen LogP contribution in [-0.2, 0) is 7.05 Å². The number of aryl methyl sites for hydroxylation is 1. The van der Waals surface area contributed by atoms with E-state index in [-0.39, 0.29) is 5.78 Å². The van der Waals surface area contributed by atoms with E-state index >= 15 is 0 Å². The van der Waals surface area contributed by atoms with Gasteiger partial charge >= 0.3 is 0 Å². The Balaban J connectivity index is 1.70. The Hall–Kier alpha value is -1.86. The minimum atomic E-state index is 0.112. The number of rotatable bonds is 5. The Morgan fingerprint density at radius 1 is 1.38 bits per heavy atom. The Morgan fingerprint density at radius 2 is 2.24 bits per heavy atom. The third-order valence-corrected chi connectivity index (χ3v) is 4.99. The van der Waals surface area contributed by atoms with Crippen molar-refractivity contribution in [2.45, 2.75) is 12.1 Å². The van der Waals surface area contributed by atoms with Gasteiger partial charge in [0.05, 0.1) is 16.9 Å². The molecule has 3 aromatic rings. The molecule has 0 aliphatic rings. The van der Waals surface area contributed by atoms with Gasteiger partial charge in [0.1, 0.15) is 0 Å². The Kier molecular flexibility index (Phi) is 3.94. The van der Waals surface area contributed by atoms with E-state index in [4.69, 9.17) is 4.42 Å². The predicted molar refractivity (Wildman–Crippen MR) is 82.8 cm³/mol. The molecule has 0 radical (unpaired) electrons. The Labute approximate surface area is 130 Å². The number of thioether (sulfide) groups is 1. The maximum atomic E-state index is 12.1. The van der Waals surface area contributed by atoms with Crippen molar-refractivity contribution in [1.82, 2.24) is 14.8 Å². The smallest absolute Gasteiger partial charge is 0.200 e. The van der Waals surface area contributed by atoms with Crippen molar-refractivity contribution in [3.8, 4) is 11.6 Å². The lowest BCUT2D eigenvalue weighted by atomic mass is 10.3. The van der Waals surface area contributed by atoms with Crippen LogP contribution in [0.15, 0.2) is 40.1 Å². The molecular formula is C14H13N3O2S2. The number of hydrogen-bond acceptors (Lipinski definition) is 6. The summed E-state index contributed by atoms with van der Waals surface area (Å²) in [4.78, 5) is 14.0. The largest absolute Gasteiger partial charge is 0.461 e. The van der Waals surface area contributed by atoms with Crippen molar-refractivity contribution in [3.63, 3.8) is 0 Å². The SMILES string of the molecule is Cc1ccc(C(=O)CSc2nnc(-c3ccco3)n2C)s1. The van der Waals surface area contributed by atoms with Gasteiger partial charge in [0, 0.05) is 11.9 Å². The van der Waals surface area contributed by atoms with Crippen LogP contribution < -0.4 is 0 Å². The summed E-state index contributed by atoms with van der Waals surface area (Å²) < 4.78 is 7.14. The second kappa shape index (κ2) is 5.87. The maximum absolute atomic E-state index is 12.1. The molecule has 3 aromatic heterocycles. The molecule has 0 amide bonds. The number of aromatic nitrogens is 3. The summed E-state index contributed by atoms with van der Waals surface area (Å²) in [7, 11) is 1.86. The number of furan rings is 1. The Bertz CT molecular complexity index is 759. The van der Waals surface area contributed by atoms with Crippen molar-refractivity contribution in [2.24, 2.45) is 7.05 Å². The van der Waals surface area contributed by atoms with Crippen LogP contribution in [0.5, 0.6) is 0 Å². The summed E-state index contributed by atoms with van der Waals surface area (Å²) in [5.74, 6) is 1.78. The van der Waals surface area contributed by atoms with Gasteiger partial charge in [0.2, 0.25) is 0 Å². The molecule has 5 nitrogen and oxygen atoms in total. The van der Waals surface area contributed by atoms with E-state index in [0.717, 1.165) is 9.75 Å². The number of nitrogens with zero attached hydrogens (tertiary/aromatic N) is 3. The number of carbonyl (C=O) groups excluding carboxylic acids is 1. The van der Waals surface area contributed by atoms with Crippen molar-refractivity contribution in [1.29, 1.82) is 0 Å². The number of ketones is 1. The first-order valence-corrected chi connectivity index (χ1v) is 8.11. The molecule has 0 bridgehead atoms. The van der Waals surface area contributed by atoms with Crippen LogP contribution in [0, 0.1) is 6.92 Å². The molecule has 0 aromatic carbocycles. The molecule has 7 heteroatoms. The van der Waals surface area contributed by atoms with Crippen LogP contribution >= 0.6 is 23.1 Å². The van der Waals surface area contributed by atoms with Crippen molar-refractivity contribution < 1.29 is 9.21 Å². The second-order valence-corrected chi connectivity index (χ2v) is 6.70. The van der Waals surface area contributed by atoms with Crippen LogP contribution in [0.3, 0.4) is 0 Å². The molecule has 0 fully saturated rings. The third kappa shape index (κ3) is 2.93. The maximum Gasteiger partial charge on any atom is 0.200 e. The van der Waals surface area contributed by atoms with E-state index in [1.807, 2.05) is 36.7 Å². The summed E-state index contributed by atoms with van der Waals surface area (Å²) >= 11 is 2.90. The molecular weight excluding hydrogens is 306 g/mol. The highest BCUT2D eigenvalue weighted by atomic mass is 32.2. The Morgan fingerprint density at radius 3 is 2.90 bits per heavy atom. The molecule has 21 heavy (non-hydrogen) atoms. The summed E-state index contributed by atoms with van der Waals surface area (Å²) in [6.45, 7) is 1.99. The monoisotopic (exact) mass is 319 g/mol. The van der Waals surface area contributed by atoms with Crippen LogP contribution in [0.1, 0.15) is 14.5 Å². The van der Waals surface area contributed by atoms with Gasteiger partial charge in [-0.15, -0.1) is 21.5 Å². The molecule has 0 atom stereocenters. The molecule has 0 N–H and O–H groups in total. The lowest BCUT2D eigenvalue weighted by molar-refractivity contribution is 0.102. The van der Waals surface area contributed by atoms with Crippen LogP contribution in [0.2, 0.25) is 0 Å². The lowest BCUT2D eigenvalue weighted by Crippen LogP contribution is -2.01. The summed E-state index contributed by atoms with van der Waals surface area (Å²) in [6.07, 6.45) is 1.60. The normalized spacial score (nSPS) is 11.0. The van der Waals surface area contributed by atoms with Gasteiger partial charge in [-0.1, -0.05) is 11.8 Å². The van der Waals surface area contributed by atoms with Gasteiger partial charge in [-0.2, -0.15) is 0 Å². The molecule has 0 unspecified atom stereocenters. The molecule has 3 heterocycles. The van der Waals surface area contributed by atoms with E-state index in [2.05, 4.69) is 10.2 Å². The lowest BCUT2D eigenvalue weighted by Gasteiger charge is -2.01. The molecule has 0 aliphatic carbocycles. The van der Waals surface area contributed by atoms with E-state index in [1.165, 1.54) is 23.1 Å². The highest BCUT2D eigenvalue weighted by molar-refractivity contribution is 7.99. The van der Waals surface area contributed by atoms with Gasteiger partial charge in [0.15, 0.2) is 22.5 Å². The molecule has 0 aliphatic heterocycles. The number of carbonyl (C=O) groups is 1. The van der Waals surface area contributed by atoms with E-state index in [1.54, 1.807) is 12.3 Å². The summed E-state index contributed by atoms with van der Waals surface area (Å²) in [6, 6.07) is 7.46. The van der Waals surface area contributed by atoms with Crippen molar-refractivity contribution in [3.05, 3.63) is 40.3 Å². The zero-order chi connectivity index (χ0) is 14.8. The molecule has 108 valence electrons. The first kappa shape index (κ1) is 14.1. The number of Topliss-reactive ketones (excluding diaryl/α,β-unsaturated/α-hetero) is 1. The zero-order valence-electron chi connectivity index (χ0n) is 11.6. The first-order chi connectivity index (χ1) is 10.1. The standard InChI is InChI=1S/C14H13N3O2S2/c1-9-5-6-12(21-9)10(18)8-20-14-16-15-13(17(14)2)11-4-3-7-19-11/h3-7H,8H2,1-2H3. The van der Waals surface area contributed by atoms with E-state index in [0.29, 0.717) is 22.5 Å². The predicted octanol–water partition coefficient (Wildman–Crippen LogP) is 3.42. The van der Waals surface area contributed by atoms with Gasteiger partial charge in [0.25, 0.3) is 0 Å². The molecule has 0 spiro atoms. The minimum Gasteiger partial charge on any atom is -0.461 e. The zero-order valence-corrected chi connectivity index (χ0v) is 13.2. The van der Waals surface area contributed by atoms with E-state index in [9.17, 15) is 4.79 Å². The van der Waals surface area contributed by atoms with Crippen molar-refractivity contribution >= 4 is 28.9 Å². The van der Waals surface area contributed by atoms with Crippen molar-refractivity contribution in [2.75, 3.05) is 5.75 Å². The van der Waals surface area contributed by atoms with Crippen LogP contribution in [0.25, 0.3) is 11.6 Å². The quantitative estimate of drug-likeness (QED) is 0.532. The van der Waals surface area contributed by atoms with Gasteiger partial charge < -0.3 is 8.98 Å². The first-order valence-electron chi connectivity index (χ1n) is 6.31. The topological polar surface area (TPSA) is 60.9 Å². The molecule has 3 rings (SSSR count). The van der Waals surface area contributed by atoms with Gasteiger partial charge in [-0.25, -0.2) is 0 Å². The highest BCUT2D eigenvalue weighted by Crippen LogP contribution is 2.24. The fourth-order valence-electron chi connectivity index (χ4n) is 1.85. The molecule has 0 saturated heterocycles. The minimum absolute atomic E-state index is 0.112. The number of thiophene rings is 1. The fourth-order valence-corrected chi connectivity index (χ4v) is 3.54. The highest BCUT2D eigenvalue weighted by Gasteiger charge is 2.15. The van der Waals surface area contributed by atoms with E-state index < -0.39 is 0 Å². The molecule has 0 saturated carbocycles. The van der Waals surface area contributed by atoms with Gasteiger partial charge in [-0.05, 0) is 31.2 Å². The van der Waals surface area contributed by atoms with Crippen LogP contribution in [-0.4, -0.2) is 26.3 Å². The van der Waals surface area contributed by atoms with Crippen LogP contribution in [0.4, 0.5) is 0 Å². The second-order valence-electron chi connectivity index (χ2n) is 4.46. The van der Waals surface area contributed by atoms with Gasteiger partial charge in [-0.3, -0.25) is 4.79 Å². The summed E-state index contributed by atoms with van der Waals surface area (Å²) in [5.41, 5.74) is 0. The number of hydrogen-bond donors (Lipinski definition) is 0. The fraction of sp³-hybridized carbons (Fsp3) is 0.214. The average Bonchev–Trinajstić information content (AvgIpc) is 3.17. The third-order valence-electron chi connectivity index (χ3n) is 2.92.